The molecule has 2 rings (SSSR count). The lowest BCUT2D eigenvalue weighted by molar-refractivity contribution is 0.281. The molecule has 1 aromatic carbocycles. The second-order valence-electron chi connectivity index (χ2n) is 5.07. The maximum Gasteiger partial charge on any atom is 0.191 e. The van der Waals surface area contributed by atoms with Gasteiger partial charge in [0.15, 0.2) is 5.16 Å². The molecule has 0 amide bonds. The molecule has 0 unspecified atom stereocenters. The lowest BCUT2D eigenvalue weighted by atomic mass is 10.2. The van der Waals surface area contributed by atoms with Gasteiger partial charge in [-0.15, -0.1) is 0 Å². The fraction of sp³-hybridized carbons (Fsp3) is 0.333. The number of benzene rings is 1. The number of aliphatic hydroxyl groups excluding tert-OH is 1. The average Bonchev–Trinajstić information content (AvgIpc) is 2.58. The van der Waals surface area contributed by atoms with E-state index in [9.17, 15) is 8.78 Å². The first-order valence-corrected chi connectivity index (χ1v) is 9.84. The highest BCUT2D eigenvalue weighted by Crippen LogP contribution is 2.28. The van der Waals surface area contributed by atoms with Crippen LogP contribution in [0.2, 0.25) is 5.02 Å². The van der Waals surface area contributed by atoms with Crippen LogP contribution in [0.3, 0.4) is 0 Å². The first-order valence-electron chi connectivity index (χ1n) is 7.25. The van der Waals surface area contributed by atoms with Crippen LogP contribution in [-0.4, -0.2) is 34.0 Å². The summed E-state index contributed by atoms with van der Waals surface area (Å²) in [4.78, 5) is 8.60. The molecule has 0 saturated heterocycles. The smallest absolute Gasteiger partial charge is 0.191 e. The Morgan fingerprint density at radius 2 is 2.00 bits per heavy atom. The molecule has 0 bridgehead atoms. The molecule has 10 heteroatoms. The summed E-state index contributed by atoms with van der Waals surface area (Å²) in [6.45, 7) is 1.74. The summed E-state index contributed by atoms with van der Waals surface area (Å²) >= 11 is 8.14. The van der Waals surface area contributed by atoms with E-state index in [-0.39, 0.29) is 29.0 Å². The van der Waals surface area contributed by atoms with Crippen LogP contribution >= 0.6 is 35.3 Å². The standard InChI is InChI=1S/C15H17ClF2N4OS2/c1-8(6-23)19-12-5-13(22-24-2)21-15(20-12)25-7-9-11(17)4-3-10(16)14(9)18/h3-5,8,23H,6-7H2,1-2H3,(H2,19,20,21,22)/t8-/m1/s1. The Hall–Kier alpha value is -1.29. The van der Waals surface area contributed by atoms with Gasteiger partial charge in [0, 0.05) is 29.7 Å². The Morgan fingerprint density at radius 1 is 1.28 bits per heavy atom. The molecule has 3 N–H and O–H groups in total. The Bertz CT molecular complexity index is 739. The highest BCUT2D eigenvalue weighted by Gasteiger charge is 2.15. The highest BCUT2D eigenvalue weighted by molar-refractivity contribution is 7.99. The molecule has 5 nitrogen and oxygen atoms in total. The van der Waals surface area contributed by atoms with E-state index in [0.717, 1.165) is 17.8 Å². The van der Waals surface area contributed by atoms with Crippen LogP contribution < -0.4 is 10.0 Å². The zero-order valence-corrected chi connectivity index (χ0v) is 15.9. The predicted octanol–water partition coefficient (Wildman–Crippen LogP) is 4.18. The van der Waals surface area contributed by atoms with Crippen LogP contribution in [-0.2, 0) is 5.75 Å². The van der Waals surface area contributed by atoms with E-state index in [1.54, 1.807) is 13.0 Å². The molecule has 1 aromatic heterocycles. The molecule has 0 aliphatic carbocycles. The molecule has 0 aliphatic rings. The molecule has 136 valence electrons. The molecule has 0 radical (unpaired) electrons. The van der Waals surface area contributed by atoms with Gasteiger partial charge in [-0.25, -0.2) is 18.7 Å². The molecule has 2 aromatic rings. The minimum atomic E-state index is -0.778. The summed E-state index contributed by atoms with van der Waals surface area (Å²) in [6.07, 6.45) is 1.84. The van der Waals surface area contributed by atoms with Gasteiger partial charge >= 0.3 is 0 Å². The van der Waals surface area contributed by atoms with Crippen molar-refractivity contribution >= 4 is 46.9 Å². The summed E-state index contributed by atoms with van der Waals surface area (Å²) in [5, 5.41) is 12.4. The average molecular weight is 407 g/mol. The number of aliphatic hydroxyl groups is 1. The van der Waals surface area contributed by atoms with E-state index in [0.29, 0.717) is 16.8 Å². The van der Waals surface area contributed by atoms with Gasteiger partial charge in [-0.2, -0.15) is 0 Å². The molecule has 1 atom stereocenters. The maximum atomic E-state index is 14.0. The Labute approximate surface area is 158 Å². The number of nitrogens with one attached hydrogen (secondary N) is 2. The van der Waals surface area contributed by atoms with Crippen molar-refractivity contribution in [3.05, 3.63) is 40.4 Å². The first kappa shape index (κ1) is 20.0. The molecule has 1 heterocycles. The lowest BCUT2D eigenvalue weighted by Crippen LogP contribution is -2.20. The molecular weight excluding hydrogens is 390 g/mol. The third-order valence-electron chi connectivity index (χ3n) is 3.06. The predicted molar refractivity (Wildman–Crippen MR) is 100 cm³/mol. The van der Waals surface area contributed by atoms with Crippen LogP contribution in [0.1, 0.15) is 12.5 Å². The molecule has 0 fully saturated rings. The zero-order valence-electron chi connectivity index (χ0n) is 13.5. The molecule has 25 heavy (non-hydrogen) atoms. The topological polar surface area (TPSA) is 70.1 Å². The quantitative estimate of drug-likeness (QED) is 0.263. The van der Waals surface area contributed by atoms with Crippen molar-refractivity contribution < 1.29 is 13.9 Å². The van der Waals surface area contributed by atoms with Crippen LogP contribution in [0, 0.1) is 11.6 Å². The highest BCUT2D eigenvalue weighted by atomic mass is 35.5. The summed E-state index contributed by atoms with van der Waals surface area (Å²) in [5.74, 6) is -0.400. The van der Waals surface area contributed by atoms with Crippen molar-refractivity contribution in [2.24, 2.45) is 0 Å². The van der Waals surface area contributed by atoms with Crippen LogP contribution in [0.4, 0.5) is 20.4 Å². The van der Waals surface area contributed by atoms with Crippen molar-refractivity contribution in [3.63, 3.8) is 0 Å². The fourth-order valence-corrected chi connectivity index (χ4v) is 3.21. The summed E-state index contributed by atoms with van der Waals surface area (Å²) in [5.41, 5.74) is -0.123. The number of halogens is 3. The fourth-order valence-electron chi connectivity index (χ4n) is 1.86. The van der Waals surface area contributed by atoms with E-state index in [1.807, 2.05) is 6.26 Å². The van der Waals surface area contributed by atoms with Crippen LogP contribution in [0.15, 0.2) is 23.4 Å². The van der Waals surface area contributed by atoms with Gasteiger partial charge in [-0.3, -0.25) is 0 Å². The van der Waals surface area contributed by atoms with Gasteiger partial charge in [0.2, 0.25) is 0 Å². The summed E-state index contributed by atoms with van der Waals surface area (Å²) in [6, 6.07) is 3.80. The van der Waals surface area contributed by atoms with E-state index >= 15 is 0 Å². The second-order valence-corrected chi connectivity index (χ2v) is 7.03. The van der Waals surface area contributed by atoms with Gasteiger partial charge in [0.25, 0.3) is 0 Å². The minimum Gasteiger partial charge on any atom is -0.394 e. The van der Waals surface area contributed by atoms with E-state index in [1.165, 1.54) is 18.0 Å². The van der Waals surface area contributed by atoms with Crippen molar-refractivity contribution in [1.29, 1.82) is 0 Å². The van der Waals surface area contributed by atoms with Crippen molar-refractivity contribution in [1.82, 2.24) is 9.97 Å². The Morgan fingerprint density at radius 3 is 2.68 bits per heavy atom. The summed E-state index contributed by atoms with van der Waals surface area (Å²) in [7, 11) is 0. The third-order valence-corrected chi connectivity index (χ3v) is 4.64. The number of rotatable bonds is 8. The number of aromatic nitrogens is 2. The number of hydrogen-bond acceptors (Lipinski definition) is 7. The van der Waals surface area contributed by atoms with Crippen LogP contribution in [0.25, 0.3) is 0 Å². The van der Waals surface area contributed by atoms with Crippen molar-refractivity contribution in [3.8, 4) is 0 Å². The van der Waals surface area contributed by atoms with Gasteiger partial charge in [-0.05, 0) is 19.1 Å². The number of nitrogens with zero attached hydrogens (tertiary/aromatic N) is 2. The van der Waals surface area contributed by atoms with E-state index in [4.69, 9.17) is 16.7 Å². The number of thioether (sulfide) groups is 1. The second kappa shape index (κ2) is 9.42. The van der Waals surface area contributed by atoms with Gasteiger partial charge in [0.1, 0.15) is 23.3 Å². The third kappa shape index (κ3) is 5.60. The molecule has 0 spiro atoms. The minimum absolute atomic E-state index is 0.00403. The molecule has 0 aliphatic heterocycles. The Balaban J connectivity index is 2.22. The normalized spacial score (nSPS) is 12.1. The molecular formula is C15H17ClF2N4OS2. The molecule has 0 saturated carbocycles. The van der Waals surface area contributed by atoms with E-state index in [2.05, 4.69) is 20.0 Å². The number of anilines is 2. The lowest BCUT2D eigenvalue weighted by Gasteiger charge is -2.14. The maximum absolute atomic E-state index is 14.0. The van der Waals surface area contributed by atoms with E-state index < -0.39 is 11.6 Å². The van der Waals surface area contributed by atoms with Crippen molar-refractivity contribution in [2.45, 2.75) is 23.9 Å². The SMILES string of the molecule is CSNc1cc(N[C@H](C)CO)nc(SCc2c(F)ccc(Cl)c2F)n1. The number of hydrogen-bond donors (Lipinski definition) is 3. The van der Waals surface area contributed by atoms with Crippen LogP contribution in [0.5, 0.6) is 0 Å². The monoisotopic (exact) mass is 406 g/mol. The zero-order chi connectivity index (χ0) is 18.4. The summed E-state index contributed by atoms with van der Waals surface area (Å²) < 4.78 is 30.8. The largest absolute Gasteiger partial charge is 0.394 e. The van der Waals surface area contributed by atoms with Gasteiger partial charge in [0.05, 0.1) is 11.6 Å². The first-order chi connectivity index (χ1) is 11.9. The van der Waals surface area contributed by atoms with Crippen molar-refractivity contribution in [2.75, 3.05) is 22.9 Å². The van der Waals surface area contributed by atoms with Gasteiger partial charge < -0.3 is 15.1 Å². The van der Waals surface area contributed by atoms with Gasteiger partial charge in [-0.1, -0.05) is 35.3 Å². The Kier molecular flexibility index (Phi) is 7.55.